The number of para-hydroxylation sites is 1. The SMILES string of the molecule is O=C(NC1CC1)C1CCCN1S(=O)(=O)c1ccccc1[N+](=O)[O-]. The summed E-state index contributed by atoms with van der Waals surface area (Å²) in [6.45, 7) is 0.192. The Morgan fingerprint density at radius 2 is 1.96 bits per heavy atom. The minimum atomic E-state index is -4.09. The third-order valence-corrected chi connectivity index (χ3v) is 6.03. The second kappa shape index (κ2) is 5.89. The lowest BCUT2D eigenvalue weighted by Gasteiger charge is -2.23. The van der Waals surface area contributed by atoms with Crippen molar-refractivity contribution in [3.05, 3.63) is 34.4 Å². The standard InChI is InChI=1S/C14H17N3O5S/c18-14(15-10-7-8-10)12-5-3-9-16(12)23(21,22)13-6-2-1-4-11(13)17(19)20/h1-2,4,6,10,12H,3,5,7-9H2,(H,15,18). The van der Waals surface area contributed by atoms with Gasteiger partial charge in [0.1, 0.15) is 6.04 Å². The van der Waals surface area contributed by atoms with Crippen molar-refractivity contribution in [2.24, 2.45) is 0 Å². The molecule has 1 N–H and O–H groups in total. The van der Waals surface area contributed by atoms with E-state index in [1.807, 2.05) is 0 Å². The Kier molecular flexibility index (Phi) is 4.07. The van der Waals surface area contributed by atoms with Crippen LogP contribution in [0.2, 0.25) is 0 Å². The van der Waals surface area contributed by atoms with Crippen molar-refractivity contribution in [1.29, 1.82) is 0 Å². The molecule has 3 rings (SSSR count). The number of nitro benzene ring substituents is 1. The number of nitrogens with one attached hydrogen (secondary N) is 1. The Morgan fingerprint density at radius 1 is 1.26 bits per heavy atom. The number of carbonyl (C=O) groups is 1. The quantitative estimate of drug-likeness (QED) is 0.636. The van der Waals surface area contributed by atoms with E-state index in [4.69, 9.17) is 0 Å². The molecule has 1 unspecified atom stereocenters. The largest absolute Gasteiger partial charge is 0.352 e. The fourth-order valence-electron chi connectivity index (χ4n) is 2.77. The maximum atomic E-state index is 12.8. The smallest absolute Gasteiger partial charge is 0.289 e. The van der Waals surface area contributed by atoms with E-state index in [1.54, 1.807) is 0 Å². The predicted molar refractivity (Wildman–Crippen MR) is 81.2 cm³/mol. The molecule has 0 aromatic heterocycles. The normalized spacial score (nSPS) is 22.0. The molecule has 1 aliphatic heterocycles. The zero-order valence-corrected chi connectivity index (χ0v) is 13.2. The summed E-state index contributed by atoms with van der Waals surface area (Å²) in [5.41, 5.74) is -0.472. The average molecular weight is 339 g/mol. The molecule has 0 spiro atoms. The van der Waals surface area contributed by atoms with Crippen molar-refractivity contribution in [3.63, 3.8) is 0 Å². The molecule has 1 saturated heterocycles. The van der Waals surface area contributed by atoms with Crippen molar-refractivity contribution in [1.82, 2.24) is 9.62 Å². The summed E-state index contributed by atoms with van der Waals surface area (Å²) in [4.78, 5) is 22.3. The molecule has 1 aromatic rings. The van der Waals surface area contributed by atoms with Gasteiger partial charge in [0.2, 0.25) is 5.91 Å². The summed E-state index contributed by atoms with van der Waals surface area (Å²) >= 11 is 0. The number of rotatable bonds is 5. The van der Waals surface area contributed by atoms with Gasteiger partial charge in [-0.1, -0.05) is 12.1 Å². The molecule has 1 saturated carbocycles. The second-order valence-corrected chi connectivity index (χ2v) is 7.64. The van der Waals surface area contributed by atoms with Crippen molar-refractivity contribution >= 4 is 21.6 Å². The highest BCUT2D eigenvalue weighted by molar-refractivity contribution is 7.89. The highest BCUT2D eigenvalue weighted by Crippen LogP contribution is 2.31. The third-order valence-electron chi connectivity index (χ3n) is 4.08. The van der Waals surface area contributed by atoms with Gasteiger partial charge < -0.3 is 5.32 Å². The predicted octanol–water partition coefficient (Wildman–Crippen LogP) is 1.03. The first kappa shape index (κ1) is 15.9. The first-order valence-corrected chi connectivity index (χ1v) is 8.91. The van der Waals surface area contributed by atoms with Crippen molar-refractivity contribution < 1.29 is 18.1 Å². The Balaban J connectivity index is 1.92. The number of sulfonamides is 1. The molecule has 124 valence electrons. The fourth-order valence-corrected chi connectivity index (χ4v) is 4.58. The van der Waals surface area contributed by atoms with E-state index in [0.717, 1.165) is 23.2 Å². The van der Waals surface area contributed by atoms with Crippen LogP contribution >= 0.6 is 0 Å². The van der Waals surface area contributed by atoms with E-state index >= 15 is 0 Å². The molecule has 0 bridgehead atoms. The molecule has 0 radical (unpaired) electrons. The van der Waals surface area contributed by atoms with Gasteiger partial charge >= 0.3 is 0 Å². The fraction of sp³-hybridized carbons (Fsp3) is 0.500. The Labute approximate surface area is 133 Å². The average Bonchev–Trinajstić information content (AvgIpc) is 3.17. The molecule has 2 aliphatic rings. The van der Waals surface area contributed by atoms with E-state index in [2.05, 4.69) is 5.32 Å². The van der Waals surface area contributed by atoms with Crippen molar-refractivity contribution in [2.45, 2.75) is 42.7 Å². The van der Waals surface area contributed by atoms with Gasteiger partial charge in [0, 0.05) is 18.7 Å². The molecule has 8 nitrogen and oxygen atoms in total. The summed E-state index contributed by atoms with van der Waals surface area (Å²) in [5.74, 6) is -0.313. The second-order valence-electron chi connectivity index (χ2n) is 5.78. The number of carbonyl (C=O) groups excluding carboxylic acids is 1. The van der Waals surface area contributed by atoms with Gasteiger partial charge in [-0.25, -0.2) is 8.42 Å². The van der Waals surface area contributed by atoms with Crippen LogP contribution < -0.4 is 5.32 Å². The highest BCUT2D eigenvalue weighted by atomic mass is 32.2. The number of hydrogen-bond acceptors (Lipinski definition) is 5. The third kappa shape index (κ3) is 3.06. The van der Waals surface area contributed by atoms with Crippen LogP contribution in [0.5, 0.6) is 0 Å². The number of hydrogen-bond donors (Lipinski definition) is 1. The summed E-state index contributed by atoms with van der Waals surface area (Å²) in [6.07, 6.45) is 2.81. The molecule has 2 fully saturated rings. The van der Waals surface area contributed by atoms with Crippen molar-refractivity contribution in [2.75, 3.05) is 6.54 Å². The van der Waals surface area contributed by atoms with Gasteiger partial charge in [-0.05, 0) is 31.7 Å². The summed E-state index contributed by atoms with van der Waals surface area (Å²) in [6, 6.07) is 4.57. The van der Waals surface area contributed by atoms with Gasteiger partial charge in [0.05, 0.1) is 4.92 Å². The molecular formula is C14H17N3O5S. The first-order chi connectivity index (χ1) is 10.9. The minimum absolute atomic E-state index is 0.138. The number of benzene rings is 1. The molecule has 1 atom stereocenters. The van der Waals surface area contributed by atoms with Crippen LogP contribution in [0.3, 0.4) is 0 Å². The molecule has 1 aromatic carbocycles. The van der Waals surface area contributed by atoms with E-state index < -0.39 is 26.7 Å². The molecule has 1 amide bonds. The molecule has 9 heteroatoms. The monoisotopic (exact) mass is 339 g/mol. The first-order valence-electron chi connectivity index (χ1n) is 7.47. The van der Waals surface area contributed by atoms with Crippen LogP contribution in [0.25, 0.3) is 0 Å². The number of nitro groups is 1. The van der Waals surface area contributed by atoms with E-state index in [0.29, 0.717) is 12.8 Å². The lowest BCUT2D eigenvalue weighted by atomic mass is 10.2. The zero-order chi connectivity index (χ0) is 16.6. The number of nitrogens with zero attached hydrogens (tertiary/aromatic N) is 2. The lowest BCUT2D eigenvalue weighted by molar-refractivity contribution is -0.387. The van der Waals surface area contributed by atoms with Crippen LogP contribution in [0.15, 0.2) is 29.2 Å². The van der Waals surface area contributed by atoms with E-state index in [1.165, 1.54) is 18.2 Å². The topological polar surface area (TPSA) is 110 Å². The summed E-state index contributed by atoms with van der Waals surface area (Å²) < 4.78 is 26.7. The van der Waals surface area contributed by atoms with E-state index in [9.17, 15) is 23.3 Å². The number of amides is 1. The van der Waals surface area contributed by atoms with Gasteiger partial charge in [0.15, 0.2) is 4.90 Å². The van der Waals surface area contributed by atoms with Gasteiger partial charge in [-0.3, -0.25) is 14.9 Å². The van der Waals surface area contributed by atoms with E-state index in [-0.39, 0.29) is 23.4 Å². The van der Waals surface area contributed by atoms with Gasteiger partial charge in [-0.2, -0.15) is 4.31 Å². The van der Waals surface area contributed by atoms with Gasteiger partial charge in [-0.15, -0.1) is 0 Å². The van der Waals surface area contributed by atoms with Gasteiger partial charge in [0.25, 0.3) is 15.7 Å². The highest BCUT2D eigenvalue weighted by Gasteiger charge is 2.42. The van der Waals surface area contributed by atoms with Crippen molar-refractivity contribution in [3.8, 4) is 0 Å². The van der Waals surface area contributed by atoms with Crippen LogP contribution in [0.1, 0.15) is 25.7 Å². The van der Waals surface area contributed by atoms with Crippen LogP contribution in [-0.2, 0) is 14.8 Å². The van der Waals surface area contributed by atoms with Crippen LogP contribution in [0, 0.1) is 10.1 Å². The Morgan fingerprint density at radius 3 is 2.61 bits per heavy atom. The summed E-state index contributed by atoms with van der Waals surface area (Å²) in [5, 5.41) is 13.9. The molecule has 1 heterocycles. The Hall–Kier alpha value is -2.00. The maximum Gasteiger partial charge on any atom is 0.289 e. The Bertz CT molecular complexity index is 745. The molecular weight excluding hydrogens is 322 g/mol. The molecule has 23 heavy (non-hydrogen) atoms. The molecule has 1 aliphatic carbocycles. The van der Waals surface area contributed by atoms with Crippen LogP contribution in [-0.4, -0.2) is 42.2 Å². The lowest BCUT2D eigenvalue weighted by Crippen LogP contribution is -2.46. The summed E-state index contributed by atoms with van der Waals surface area (Å²) in [7, 11) is -4.09. The van der Waals surface area contributed by atoms with Crippen LogP contribution in [0.4, 0.5) is 5.69 Å². The minimum Gasteiger partial charge on any atom is -0.352 e. The zero-order valence-electron chi connectivity index (χ0n) is 12.3. The maximum absolute atomic E-state index is 12.8.